The second-order valence-electron chi connectivity index (χ2n) is 4.74. The summed E-state index contributed by atoms with van der Waals surface area (Å²) in [5.41, 5.74) is 6.26. The first kappa shape index (κ1) is 12.1. The van der Waals surface area contributed by atoms with Gasteiger partial charge in [-0.2, -0.15) is 0 Å². The van der Waals surface area contributed by atoms with Gasteiger partial charge in [-0.25, -0.2) is 4.39 Å². The van der Waals surface area contributed by atoms with Gasteiger partial charge >= 0.3 is 0 Å². The lowest BCUT2D eigenvalue weighted by molar-refractivity contribution is 0.186. The number of halogens is 1. The van der Waals surface area contributed by atoms with Gasteiger partial charge in [0, 0.05) is 6.54 Å². The summed E-state index contributed by atoms with van der Waals surface area (Å²) in [5, 5.41) is 9.46. The maximum atomic E-state index is 13.7. The number of aliphatic hydroxyl groups excluding tert-OH is 1. The molecule has 15 heavy (non-hydrogen) atoms. The Morgan fingerprint density at radius 3 is 2.40 bits per heavy atom. The topological polar surface area (TPSA) is 46.2 Å². The average Bonchev–Trinajstić information content (AvgIpc) is 2.14. The number of aliphatic hydroxyl groups is 1. The van der Waals surface area contributed by atoms with E-state index in [-0.39, 0.29) is 17.8 Å². The van der Waals surface area contributed by atoms with Crippen molar-refractivity contribution in [3.8, 4) is 0 Å². The van der Waals surface area contributed by atoms with E-state index in [0.29, 0.717) is 11.1 Å². The Hall–Kier alpha value is -0.930. The molecule has 2 nitrogen and oxygen atoms in total. The summed E-state index contributed by atoms with van der Waals surface area (Å²) in [6, 6.07) is 4.79. The maximum absolute atomic E-state index is 13.7. The van der Waals surface area contributed by atoms with Crippen LogP contribution in [0.15, 0.2) is 18.2 Å². The molecular formula is C12H18FNO. The number of benzene rings is 1. The molecule has 84 valence electrons. The first-order valence-corrected chi connectivity index (χ1v) is 5.04. The second kappa shape index (κ2) is 4.29. The molecule has 0 aliphatic carbocycles. The molecule has 0 aromatic heterocycles. The molecule has 0 aliphatic heterocycles. The lowest BCUT2D eigenvalue weighted by Gasteiger charge is -2.20. The second-order valence-corrected chi connectivity index (χ2v) is 4.74. The quantitative estimate of drug-likeness (QED) is 0.787. The number of hydrogen-bond donors (Lipinski definition) is 2. The predicted molar refractivity (Wildman–Crippen MR) is 59.1 cm³/mol. The van der Waals surface area contributed by atoms with E-state index >= 15 is 0 Å². The molecular weight excluding hydrogens is 193 g/mol. The monoisotopic (exact) mass is 211 g/mol. The third-order valence-electron chi connectivity index (χ3n) is 2.41. The molecule has 0 saturated heterocycles. The van der Waals surface area contributed by atoms with Gasteiger partial charge in [-0.1, -0.05) is 32.9 Å². The van der Waals surface area contributed by atoms with Crippen molar-refractivity contribution in [1.29, 1.82) is 0 Å². The van der Waals surface area contributed by atoms with E-state index in [1.54, 1.807) is 12.1 Å². The molecule has 0 heterocycles. The van der Waals surface area contributed by atoms with Crippen LogP contribution in [0.4, 0.5) is 4.39 Å². The number of rotatable bonds is 2. The SMILES string of the molecule is CC(C)(C)c1ccc(C(O)CN)cc1F. The zero-order valence-corrected chi connectivity index (χ0v) is 9.42. The summed E-state index contributed by atoms with van der Waals surface area (Å²) in [6.07, 6.45) is -0.784. The summed E-state index contributed by atoms with van der Waals surface area (Å²) >= 11 is 0. The van der Waals surface area contributed by atoms with Crippen LogP contribution in [-0.2, 0) is 5.41 Å². The molecule has 0 amide bonds. The predicted octanol–water partition coefficient (Wildman–Crippen LogP) is 2.12. The van der Waals surface area contributed by atoms with E-state index in [0.717, 1.165) is 0 Å². The van der Waals surface area contributed by atoms with Crippen LogP contribution in [0.5, 0.6) is 0 Å². The Labute approximate surface area is 89.9 Å². The van der Waals surface area contributed by atoms with Crippen molar-refractivity contribution in [1.82, 2.24) is 0 Å². The standard InChI is InChI=1S/C12H18FNO/c1-12(2,3)9-5-4-8(6-10(9)13)11(15)7-14/h4-6,11,15H,7,14H2,1-3H3. The van der Waals surface area contributed by atoms with Gasteiger partial charge in [0.25, 0.3) is 0 Å². The molecule has 3 heteroatoms. The summed E-state index contributed by atoms with van der Waals surface area (Å²) in [6.45, 7) is 5.95. The lowest BCUT2D eigenvalue weighted by atomic mass is 9.86. The third-order valence-corrected chi connectivity index (χ3v) is 2.41. The maximum Gasteiger partial charge on any atom is 0.127 e. The van der Waals surface area contributed by atoms with Gasteiger partial charge < -0.3 is 10.8 Å². The largest absolute Gasteiger partial charge is 0.387 e. The van der Waals surface area contributed by atoms with E-state index in [2.05, 4.69) is 0 Å². The highest BCUT2D eigenvalue weighted by Gasteiger charge is 2.19. The Balaban J connectivity index is 3.09. The number of hydrogen-bond acceptors (Lipinski definition) is 2. The minimum atomic E-state index is -0.784. The molecule has 1 rings (SSSR count). The van der Waals surface area contributed by atoms with Crippen LogP contribution in [0.3, 0.4) is 0 Å². The van der Waals surface area contributed by atoms with E-state index in [1.165, 1.54) is 6.07 Å². The fraction of sp³-hybridized carbons (Fsp3) is 0.500. The first-order valence-electron chi connectivity index (χ1n) is 5.04. The highest BCUT2D eigenvalue weighted by molar-refractivity contribution is 5.30. The van der Waals surface area contributed by atoms with Crippen molar-refractivity contribution in [2.24, 2.45) is 5.73 Å². The minimum absolute atomic E-state index is 0.105. The fourth-order valence-corrected chi connectivity index (χ4v) is 1.48. The zero-order chi connectivity index (χ0) is 11.6. The number of nitrogens with two attached hydrogens (primary N) is 1. The van der Waals surface area contributed by atoms with Gasteiger partial charge in [-0.3, -0.25) is 0 Å². The molecule has 0 aliphatic rings. The smallest absolute Gasteiger partial charge is 0.127 e. The minimum Gasteiger partial charge on any atom is -0.387 e. The highest BCUT2D eigenvalue weighted by atomic mass is 19.1. The van der Waals surface area contributed by atoms with Crippen LogP contribution in [0.25, 0.3) is 0 Å². The zero-order valence-electron chi connectivity index (χ0n) is 9.42. The molecule has 1 aromatic carbocycles. The van der Waals surface area contributed by atoms with Crippen molar-refractivity contribution >= 4 is 0 Å². The molecule has 1 atom stereocenters. The first-order chi connectivity index (χ1) is 6.86. The van der Waals surface area contributed by atoms with Gasteiger partial charge in [0.1, 0.15) is 5.82 Å². The Morgan fingerprint density at radius 1 is 1.40 bits per heavy atom. The fourth-order valence-electron chi connectivity index (χ4n) is 1.48. The summed E-state index contributed by atoms with van der Waals surface area (Å²) in [4.78, 5) is 0. The van der Waals surface area contributed by atoms with Gasteiger partial charge in [-0.15, -0.1) is 0 Å². The highest BCUT2D eigenvalue weighted by Crippen LogP contribution is 2.26. The normalized spacial score (nSPS) is 14.0. The van der Waals surface area contributed by atoms with Crippen molar-refractivity contribution in [3.05, 3.63) is 35.1 Å². The van der Waals surface area contributed by atoms with Crippen molar-refractivity contribution in [2.75, 3.05) is 6.54 Å². The summed E-state index contributed by atoms with van der Waals surface area (Å²) in [5.74, 6) is -0.285. The van der Waals surface area contributed by atoms with Crippen LogP contribution >= 0.6 is 0 Å². The van der Waals surface area contributed by atoms with Crippen LogP contribution in [0.2, 0.25) is 0 Å². The summed E-state index contributed by atoms with van der Waals surface area (Å²) in [7, 11) is 0. The van der Waals surface area contributed by atoms with E-state index in [4.69, 9.17) is 5.73 Å². The molecule has 0 fully saturated rings. The average molecular weight is 211 g/mol. The van der Waals surface area contributed by atoms with Crippen LogP contribution in [0, 0.1) is 5.82 Å². The van der Waals surface area contributed by atoms with E-state index < -0.39 is 6.10 Å². The van der Waals surface area contributed by atoms with E-state index in [9.17, 15) is 9.50 Å². The van der Waals surface area contributed by atoms with Crippen molar-refractivity contribution in [2.45, 2.75) is 32.3 Å². The molecule has 1 aromatic rings. The van der Waals surface area contributed by atoms with Crippen LogP contribution in [0.1, 0.15) is 38.0 Å². The van der Waals surface area contributed by atoms with Crippen LogP contribution in [-0.4, -0.2) is 11.7 Å². The van der Waals surface area contributed by atoms with E-state index in [1.807, 2.05) is 20.8 Å². The Morgan fingerprint density at radius 2 is 2.00 bits per heavy atom. The Kier molecular flexibility index (Phi) is 3.47. The molecule has 0 radical (unpaired) electrons. The molecule has 0 bridgehead atoms. The van der Waals surface area contributed by atoms with Crippen molar-refractivity contribution < 1.29 is 9.50 Å². The van der Waals surface area contributed by atoms with Gasteiger partial charge in [-0.05, 0) is 22.6 Å². The molecule has 0 spiro atoms. The summed E-state index contributed by atoms with van der Waals surface area (Å²) < 4.78 is 13.7. The van der Waals surface area contributed by atoms with Gasteiger partial charge in [0.05, 0.1) is 6.10 Å². The van der Waals surface area contributed by atoms with Crippen LogP contribution < -0.4 is 5.73 Å². The third kappa shape index (κ3) is 2.76. The van der Waals surface area contributed by atoms with Gasteiger partial charge in [0.15, 0.2) is 0 Å². The lowest BCUT2D eigenvalue weighted by Crippen LogP contribution is -2.16. The Bertz CT molecular complexity index is 344. The molecule has 3 N–H and O–H groups in total. The molecule has 1 unspecified atom stereocenters. The van der Waals surface area contributed by atoms with Gasteiger partial charge in [0.2, 0.25) is 0 Å². The molecule has 0 saturated carbocycles. The van der Waals surface area contributed by atoms with Crippen molar-refractivity contribution in [3.63, 3.8) is 0 Å².